The third-order valence-electron chi connectivity index (χ3n) is 5.15. The molecule has 0 radical (unpaired) electrons. The van der Waals surface area contributed by atoms with Gasteiger partial charge >= 0.3 is 5.97 Å². The summed E-state index contributed by atoms with van der Waals surface area (Å²) < 4.78 is 5.63. The van der Waals surface area contributed by atoms with Crippen molar-refractivity contribution >= 4 is 5.97 Å². The normalized spacial score (nSPS) is 36.0. The van der Waals surface area contributed by atoms with Gasteiger partial charge in [-0.25, -0.2) is 0 Å². The minimum absolute atomic E-state index is 0.114. The molecule has 0 amide bonds. The molecule has 2 fully saturated rings. The number of cyclic esters (lactones) is 1. The molecule has 1 aliphatic heterocycles. The molecule has 2 unspecified atom stereocenters. The van der Waals surface area contributed by atoms with Crippen molar-refractivity contribution in [3.8, 4) is 0 Å². The molecular formula is C17H30O2. The molecule has 0 bridgehead atoms. The van der Waals surface area contributed by atoms with Crippen LogP contribution in [0.15, 0.2) is 0 Å². The summed E-state index contributed by atoms with van der Waals surface area (Å²) in [7, 11) is 0. The summed E-state index contributed by atoms with van der Waals surface area (Å²) in [6.45, 7) is 4.44. The zero-order valence-corrected chi connectivity index (χ0v) is 12.7. The molecule has 0 aromatic heterocycles. The Bertz CT molecular complexity index is 279. The van der Waals surface area contributed by atoms with E-state index >= 15 is 0 Å². The molecule has 110 valence electrons. The summed E-state index contributed by atoms with van der Waals surface area (Å²) >= 11 is 0. The number of carbonyl (C=O) groups excluding carboxylic acids is 1. The largest absolute Gasteiger partial charge is 0.462 e. The van der Waals surface area contributed by atoms with E-state index < -0.39 is 0 Å². The van der Waals surface area contributed by atoms with E-state index in [1.165, 1.54) is 38.5 Å². The van der Waals surface area contributed by atoms with Crippen molar-refractivity contribution in [3.05, 3.63) is 0 Å². The fourth-order valence-electron chi connectivity index (χ4n) is 4.03. The number of carbonyl (C=O) groups is 1. The van der Waals surface area contributed by atoms with Crippen molar-refractivity contribution in [1.82, 2.24) is 0 Å². The van der Waals surface area contributed by atoms with Crippen LogP contribution in [0.25, 0.3) is 0 Å². The maximum Gasteiger partial charge on any atom is 0.309 e. The zero-order chi connectivity index (χ0) is 13.7. The number of hydrogen-bond acceptors (Lipinski definition) is 2. The Morgan fingerprint density at radius 1 is 0.947 bits per heavy atom. The summed E-state index contributed by atoms with van der Waals surface area (Å²) in [5.41, 5.74) is 0. The van der Waals surface area contributed by atoms with Gasteiger partial charge in [-0.15, -0.1) is 0 Å². The minimum Gasteiger partial charge on any atom is -0.462 e. The summed E-state index contributed by atoms with van der Waals surface area (Å²) in [5, 5.41) is 0. The van der Waals surface area contributed by atoms with Gasteiger partial charge in [0.25, 0.3) is 0 Å². The van der Waals surface area contributed by atoms with Gasteiger partial charge in [-0.2, -0.15) is 0 Å². The SMILES string of the molecule is CCCC1CCC(C2CCC(CCC)OC2=O)CC1. The average molecular weight is 266 g/mol. The fourth-order valence-corrected chi connectivity index (χ4v) is 4.03. The molecule has 2 atom stereocenters. The van der Waals surface area contributed by atoms with E-state index in [1.807, 2.05) is 0 Å². The highest BCUT2D eigenvalue weighted by molar-refractivity contribution is 5.73. The molecular weight excluding hydrogens is 236 g/mol. The molecule has 0 N–H and O–H groups in total. The Hall–Kier alpha value is -0.530. The Morgan fingerprint density at radius 3 is 2.21 bits per heavy atom. The minimum atomic E-state index is 0.114. The van der Waals surface area contributed by atoms with Gasteiger partial charge in [0.05, 0.1) is 5.92 Å². The lowest BCUT2D eigenvalue weighted by atomic mass is 9.72. The second kappa shape index (κ2) is 7.31. The Morgan fingerprint density at radius 2 is 1.63 bits per heavy atom. The molecule has 2 heteroatoms. The van der Waals surface area contributed by atoms with Crippen LogP contribution >= 0.6 is 0 Å². The first kappa shape index (κ1) is 14.9. The van der Waals surface area contributed by atoms with E-state index in [9.17, 15) is 4.79 Å². The van der Waals surface area contributed by atoms with Crippen molar-refractivity contribution in [2.24, 2.45) is 17.8 Å². The van der Waals surface area contributed by atoms with Crippen molar-refractivity contribution in [3.63, 3.8) is 0 Å². The zero-order valence-electron chi connectivity index (χ0n) is 12.7. The predicted molar refractivity (Wildman–Crippen MR) is 77.9 cm³/mol. The topological polar surface area (TPSA) is 26.3 Å². The van der Waals surface area contributed by atoms with Gasteiger partial charge in [-0.1, -0.05) is 46.0 Å². The number of hydrogen-bond donors (Lipinski definition) is 0. The number of ether oxygens (including phenoxy) is 1. The van der Waals surface area contributed by atoms with Gasteiger partial charge < -0.3 is 4.74 Å². The summed E-state index contributed by atoms with van der Waals surface area (Å²) in [6.07, 6.45) is 12.4. The van der Waals surface area contributed by atoms with Crippen LogP contribution in [-0.4, -0.2) is 12.1 Å². The first-order chi connectivity index (χ1) is 9.24. The first-order valence-electron chi connectivity index (χ1n) is 8.45. The third-order valence-corrected chi connectivity index (χ3v) is 5.15. The molecule has 0 spiro atoms. The number of rotatable bonds is 5. The van der Waals surface area contributed by atoms with Crippen LogP contribution in [-0.2, 0) is 9.53 Å². The Labute approximate surface area is 118 Å². The van der Waals surface area contributed by atoms with E-state index in [-0.39, 0.29) is 18.0 Å². The smallest absolute Gasteiger partial charge is 0.309 e. The summed E-state index contributed by atoms with van der Waals surface area (Å²) in [6, 6.07) is 0. The molecule has 1 heterocycles. The molecule has 2 rings (SSSR count). The van der Waals surface area contributed by atoms with Crippen molar-refractivity contribution in [2.75, 3.05) is 0 Å². The van der Waals surface area contributed by atoms with Gasteiger partial charge in [-0.05, 0) is 43.9 Å². The van der Waals surface area contributed by atoms with Crippen LogP contribution in [0.5, 0.6) is 0 Å². The average Bonchev–Trinajstić information content (AvgIpc) is 2.41. The van der Waals surface area contributed by atoms with Gasteiger partial charge in [-0.3, -0.25) is 4.79 Å². The van der Waals surface area contributed by atoms with Gasteiger partial charge in [0.2, 0.25) is 0 Å². The van der Waals surface area contributed by atoms with Gasteiger partial charge in [0.1, 0.15) is 6.10 Å². The van der Waals surface area contributed by atoms with E-state index in [2.05, 4.69) is 13.8 Å². The summed E-state index contributed by atoms with van der Waals surface area (Å²) in [4.78, 5) is 12.2. The fraction of sp³-hybridized carbons (Fsp3) is 0.941. The highest BCUT2D eigenvalue weighted by Crippen LogP contribution is 2.39. The monoisotopic (exact) mass is 266 g/mol. The van der Waals surface area contributed by atoms with E-state index in [4.69, 9.17) is 4.74 Å². The highest BCUT2D eigenvalue weighted by Gasteiger charge is 2.36. The quantitative estimate of drug-likeness (QED) is 0.673. The summed E-state index contributed by atoms with van der Waals surface area (Å²) in [5.74, 6) is 1.87. The van der Waals surface area contributed by atoms with Crippen molar-refractivity contribution in [2.45, 2.75) is 84.2 Å². The highest BCUT2D eigenvalue weighted by atomic mass is 16.5. The second-order valence-corrected chi connectivity index (χ2v) is 6.60. The standard InChI is InChI=1S/C17H30O2/c1-3-5-13-7-9-14(10-8-13)16-12-11-15(6-4-2)19-17(16)18/h13-16H,3-12H2,1-2H3. The number of esters is 1. The van der Waals surface area contributed by atoms with Gasteiger partial charge in [0, 0.05) is 0 Å². The van der Waals surface area contributed by atoms with Crippen LogP contribution in [0.3, 0.4) is 0 Å². The van der Waals surface area contributed by atoms with Crippen LogP contribution < -0.4 is 0 Å². The van der Waals surface area contributed by atoms with Crippen LogP contribution in [0.2, 0.25) is 0 Å². The molecule has 0 aromatic rings. The van der Waals surface area contributed by atoms with E-state index in [1.54, 1.807) is 0 Å². The maximum absolute atomic E-state index is 12.2. The van der Waals surface area contributed by atoms with E-state index in [0.717, 1.165) is 31.6 Å². The first-order valence-corrected chi connectivity index (χ1v) is 8.45. The Kier molecular flexibility index (Phi) is 5.72. The maximum atomic E-state index is 12.2. The lowest BCUT2D eigenvalue weighted by molar-refractivity contribution is -0.164. The second-order valence-electron chi connectivity index (χ2n) is 6.60. The molecule has 1 saturated heterocycles. The third kappa shape index (κ3) is 3.97. The van der Waals surface area contributed by atoms with Crippen molar-refractivity contribution in [1.29, 1.82) is 0 Å². The van der Waals surface area contributed by atoms with E-state index in [0.29, 0.717) is 5.92 Å². The lowest BCUT2D eigenvalue weighted by Crippen LogP contribution is -2.36. The lowest BCUT2D eigenvalue weighted by Gasteiger charge is -2.36. The Balaban J connectivity index is 1.79. The molecule has 19 heavy (non-hydrogen) atoms. The van der Waals surface area contributed by atoms with Gasteiger partial charge in [0.15, 0.2) is 0 Å². The molecule has 0 aromatic carbocycles. The van der Waals surface area contributed by atoms with Crippen LogP contribution in [0, 0.1) is 17.8 Å². The van der Waals surface area contributed by atoms with Crippen molar-refractivity contribution < 1.29 is 9.53 Å². The molecule has 2 nitrogen and oxygen atoms in total. The van der Waals surface area contributed by atoms with Crippen LogP contribution in [0.1, 0.15) is 78.1 Å². The molecule has 1 saturated carbocycles. The molecule has 2 aliphatic rings. The van der Waals surface area contributed by atoms with Crippen LogP contribution in [0.4, 0.5) is 0 Å². The predicted octanol–water partition coefficient (Wildman–Crippen LogP) is 4.71. The molecule has 1 aliphatic carbocycles.